The van der Waals surface area contributed by atoms with Crippen molar-refractivity contribution in [3.63, 3.8) is 0 Å². The summed E-state index contributed by atoms with van der Waals surface area (Å²) in [5, 5.41) is 27.4. The van der Waals surface area contributed by atoms with Crippen LogP contribution in [0.25, 0.3) is 0 Å². The number of benzene rings is 1. The molecule has 0 bridgehead atoms. The molecule has 1 atom stereocenters. The van der Waals surface area contributed by atoms with E-state index in [9.17, 15) is 38.7 Å². The molecular formula is C45H69N7O17. The Labute approximate surface area is 401 Å². The molecule has 2 rings (SSSR count). The molecule has 0 spiro atoms. The fourth-order valence-corrected chi connectivity index (χ4v) is 5.70. The van der Waals surface area contributed by atoms with Gasteiger partial charge in [-0.3, -0.25) is 33.7 Å². The van der Waals surface area contributed by atoms with Crippen LogP contribution in [0.3, 0.4) is 0 Å². The lowest BCUT2D eigenvalue weighted by Gasteiger charge is -2.17. The van der Waals surface area contributed by atoms with Gasteiger partial charge in [0, 0.05) is 68.1 Å². The van der Waals surface area contributed by atoms with Gasteiger partial charge in [0.15, 0.2) is 0 Å². The Balaban J connectivity index is 1.31. The molecule has 0 aliphatic carbocycles. The highest BCUT2D eigenvalue weighted by atomic mass is 16.6. The number of carboxylic acid groups (broad SMARTS) is 1. The normalized spacial score (nSPS) is 12.9. The number of nitrogens with zero attached hydrogens (tertiary/aromatic N) is 1. The van der Waals surface area contributed by atoms with E-state index in [2.05, 4.69) is 21.3 Å². The number of rotatable bonds is 42. The quantitative estimate of drug-likeness (QED) is 0.0181. The van der Waals surface area contributed by atoms with Crippen LogP contribution in [0.4, 0.5) is 0 Å². The fraction of sp³-hybridized carbons (Fsp3) is 0.600. The van der Waals surface area contributed by atoms with Gasteiger partial charge in [0.05, 0.1) is 118 Å². The van der Waals surface area contributed by atoms with Crippen molar-refractivity contribution in [3.05, 3.63) is 53.3 Å². The molecule has 1 aliphatic heterocycles. The number of amides is 6. The minimum Gasteiger partial charge on any atom is -0.494 e. The summed E-state index contributed by atoms with van der Waals surface area (Å²) in [7, 11) is 0. The zero-order valence-electron chi connectivity index (χ0n) is 39.5. The highest BCUT2D eigenvalue weighted by Gasteiger charge is 2.25. The van der Waals surface area contributed by atoms with Crippen LogP contribution in [-0.2, 0) is 66.7 Å². The van der Waals surface area contributed by atoms with E-state index in [1.807, 2.05) is 0 Å². The first-order chi connectivity index (χ1) is 33.3. The second-order valence-corrected chi connectivity index (χ2v) is 14.7. The van der Waals surface area contributed by atoms with Gasteiger partial charge in [-0.25, -0.2) is 4.79 Å². The third-order valence-electron chi connectivity index (χ3n) is 9.18. The lowest BCUT2D eigenvalue weighted by molar-refractivity contribution is -0.141. The summed E-state index contributed by atoms with van der Waals surface area (Å²) in [6, 6.07) is 4.79. The largest absolute Gasteiger partial charge is 0.494 e. The Bertz CT molecular complexity index is 1810. The molecule has 0 fully saturated rings. The first-order valence-electron chi connectivity index (χ1n) is 22.6. The van der Waals surface area contributed by atoms with Gasteiger partial charge in [0.1, 0.15) is 11.8 Å². The number of aliphatic carboxylic acids is 1. The van der Waals surface area contributed by atoms with E-state index in [0.29, 0.717) is 124 Å². The molecule has 0 radical (unpaired) electrons. The van der Waals surface area contributed by atoms with Gasteiger partial charge in [-0.05, 0) is 38.5 Å². The van der Waals surface area contributed by atoms with Crippen LogP contribution >= 0.6 is 0 Å². The van der Waals surface area contributed by atoms with E-state index in [-0.39, 0.29) is 67.0 Å². The van der Waals surface area contributed by atoms with Crippen LogP contribution in [-0.4, -0.2) is 202 Å². The number of carbonyl (C=O) groups excluding carboxylic acids is 6. The number of carbonyl (C=O) groups is 7. The van der Waals surface area contributed by atoms with Gasteiger partial charge in [-0.2, -0.15) is 0 Å². The molecule has 8 N–H and O–H groups in total. The minimum absolute atomic E-state index is 0.0335. The van der Waals surface area contributed by atoms with E-state index in [1.165, 1.54) is 38.1 Å². The molecule has 386 valence electrons. The summed E-state index contributed by atoms with van der Waals surface area (Å²) in [4.78, 5) is 84.8. The molecule has 69 heavy (non-hydrogen) atoms. The lowest BCUT2D eigenvalue weighted by Crippen LogP contribution is -2.49. The minimum atomic E-state index is -1.47. The summed E-state index contributed by atoms with van der Waals surface area (Å²) >= 11 is 0. The van der Waals surface area contributed by atoms with E-state index in [1.54, 1.807) is 12.1 Å². The maximum Gasteiger partial charge on any atom is 0.328 e. The molecule has 24 heteroatoms. The van der Waals surface area contributed by atoms with Gasteiger partial charge >= 0.3 is 5.97 Å². The van der Waals surface area contributed by atoms with Crippen molar-refractivity contribution in [2.75, 3.05) is 138 Å². The summed E-state index contributed by atoms with van der Waals surface area (Å²) < 4.78 is 49.3. The number of carboxylic acids is 1. The van der Waals surface area contributed by atoms with Gasteiger partial charge in [0.2, 0.25) is 11.8 Å². The van der Waals surface area contributed by atoms with E-state index < -0.39 is 42.2 Å². The highest BCUT2D eigenvalue weighted by Crippen LogP contribution is 2.14. The maximum absolute atomic E-state index is 12.7. The SMILES string of the molecule is CC(=N)C(C(=O)N[C@@H](CNC(=O)c1cccc(OCCCNC(=O)CCOCCOCCOCCOCCOCCOCCOCCOCCNC(=O)CCN2C(=O)C=CC2=O)c1)C(=O)O)=C(C)N. The van der Waals surface area contributed by atoms with E-state index in [0.717, 1.165) is 4.90 Å². The van der Waals surface area contributed by atoms with Gasteiger partial charge in [-0.1, -0.05) is 6.07 Å². The highest BCUT2D eigenvalue weighted by molar-refractivity contribution is 6.20. The standard InChI is InChI=1S/C45H69N7O17/c1-33(46)42(34(2)47)44(58)51-37(45(59)60)32-50-43(57)35-5-3-6-36(31-35)69-14-4-11-48-39(54)10-15-61-17-19-63-21-23-65-25-27-67-29-30-68-28-26-66-24-22-64-20-18-62-16-12-49-38(53)9-13-52-40(55)7-8-41(52)56/h3,5-8,31,37,46H,4,9-30,32,47H2,1-2H3,(H,48,54)(H,49,53)(H,50,57)(H,51,58)(H,59,60)/t37-/m0/s1. The molecule has 1 heterocycles. The number of nitrogens with two attached hydrogens (primary N) is 1. The molecule has 6 amide bonds. The number of hydrogen-bond acceptors (Lipinski definition) is 18. The van der Waals surface area contributed by atoms with Crippen LogP contribution in [0.5, 0.6) is 5.75 Å². The third-order valence-corrected chi connectivity index (χ3v) is 9.18. The average molecular weight is 980 g/mol. The van der Waals surface area contributed by atoms with Crippen LogP contribution < -0.4 is 31.7 Å². The van der Waals surface area contributed by atoms with E-state index >= 15 is 0 Å². The fourth-order valence-electron chi connectivity index (χ4n) is 5.70. The zero-order valence-corrected chi connectivity index (χ0v) is 39.5. The molecule has 0 aromatic heterocycles. The van der Waals surface area contributed by atoms with Crippen molar-refractivity contribution in [1.82, 2.24) is 26.2 Å². The first kappa shape index (κ1) is 59.3. The maximum atomic E-state index is 12.7. The summed E-state index contributed by atoms with van der Waals surface area (Å²) in [5.74, 6) is -3.68. The Kier molecular flexibility index (Phi) is 31.9. The average Bonchev–Trinajstić information content (AvgIpc) is 3.64. The Morgan fingerprint density at radius 2 is 1.13 bits per heavy atom. The number of nitrogens with one attached hydrogen (secondary N) is 5. The summed E-state index contributed by atoms with van der Waals surface area (Å²) in [6.07, 6.45) is 3.07. The van der Waals surface area contributed by atoms with Crippen molar-refractivity contribution in [2.24, 2.45) is 5.73 Å². The summed E-state index contributed by atoms with van der Waals surface area (Å²) in [6.45, 7) is 9.40. The molecule has 0 unspecified atom stereocenters. The van der Waals surface area contributed by atoms with Crippen molar-refractivity contribution in [1.29, 1.82) is 5.41 Å². The van der Waals surface area contributed by atoms with Crippen LogP contribution in [0, 0.1) is 5.41 Å². The molecule has 1 aromatic carbocycles. The molecular weight excluding hydrogens is 911 g/mol. The first-order valence-corrected chi connectivity index (χ1v) is 22.6. The molecule has 0 saturated heterocycles. The van der Waals surface area contributed by atoms with Crippen molar-refractivity contribution >= 4 is 47.1 Å². The predicted octanol–water partition coefficient (Wildman–Crippen LogP) is -0.903. The topological polar surface area (TPSA) is 324 Å². The number of imide groups is 1. The van der Waals surface area contributed by atoms with Gasteiger partial charge < -0.3 is 80.1 Å². The smallest absolute Gasteiger partial charge is 0.328 e. The Hall–Kier alpha value is -5.86. The lowest BCUT2D eigenvalue weighted by atomic mass is 10.1. The van der Waals surface area contributed by atoms with Crippen LogP contribution in [0.2, 0.25) is 0 Å². The van der Waals surface area contributed by atoms with Crippen LogP contribution in [0.1, 0.15) is 43.5 Å². The van der Waals surface area contributed by atoms with Crippen molar-refractivity contribution in [2.45, 2.75) is 39.2 Å². The van der Waals surface area contributed by atoms with Crippen molar-refractivity contribution in [3.8, 4) is 5.75 Å². The number of ether oxygens (including phenoxy) is 9. The van der Waals surface area contributed by atoms with Crippen molar-refractivity contribution < 1.29 is 81.3 Å². The molecule has 0 saturated carbocycles. The molecule has 1 aromatic rings. The van der Waals surface area contributed by atoms with E-state index in [4.69, 9.17) is 53.8 Å². The monoisotopic (exact) mass is 979 g/mol. The zero-order chi connectivity index (χ0) is 50.5. The Morgan fingerprint density at radius 3 is 1.62 bits per heavy atom. The third kappa shape index (κ3) is 28.3. The second kappa shape index (κ2) is 37.1. The Morgan fingerprint density at radius 1 is 0.652 bits per heavy atom. The van der Waals surface area contributed by atoms with Gasteiger partial charge in [0.25, 0.3) is 23.6 Å². The van der Waals surface area contributed by atoms with Gasteiger partial charge in [-0.15, -0.1) is 0 Å². The predicted molar refractivity (Wildman–Crippen MR) is 246 cm³/mol. The molecule has 24 nitrogen and oxygen atoms in total. The second-order valence-electron chi connectivity index (χ2n) is 14.7. The summed E-state index contributed by atoms with van der Waals surface area (Å²) in [5.41, 5.74) is 5.65. The number of allylic oxidation sites excluding steroid dienone is 1. The molecule has 1 aliphatic rings. The van der Waals surface area contributed by atoms with Crippen LogP contribution in [0.15, 0.2) is 47.7 Å². The number of hydrogen-bond donors (Lipinski definition) is 7.